The first-order chi connectivity index (χ1) is 10.6. The van der Waals surface area contributed by atoms with Gasteiger partial charge in [-0.15, -0.1) is 0 Å². The Labute approximate surface area is 129 Å². The van der Waals surface area contributed by atoms with Crippen LogP contribution in [0.2, 0.25) is 0 Å². The highest BCUT2D eigenvalue weighted by molar-refractivity contribution is 5.84. The third-order valence-electron chi connectivity index (χ3n) is 5.36. The van der Waals surface area contributed by atoms with E-state index in [4.69, 9.17) is 0 Å². The molecule has 4 atom stereocenters. The van der Waals surface area contributed by atoms with Crippen LogP contribution in [0, 0.1) is 11.8 Å². The van der Waals surface area contributed by atoms with Crippen molar-refractivity contribution in [2.75, 3.05) is 0 Å². The van der Waals surface area contributed by atoms with Gasteiger partial charge in [-0.1, -0.05) is 18.2 Å². The van der Waals surface area contributed by atoms with Crippen molar-refractivity contribution in [3.05, 3.63) is 36.0 Å². The van der Waals surface area contributed by atoms with Crippen LogP contribution in [0.4, 0.5) is 0 Å². The molecule has 0 amide bonds. The zero-order chi connectivity index (χ0) is 15.3. The molecule has 2 heterocycles. The molecule has 22 heavy (non-hydrogen) atoms. The molecule has 1 aromatic heterocycles. The van der Waals surface area contributed by atoms with Crippen molar-refractivity contribution >= 4 is 16.9 Å². The number of hydrogen-bond donors (Lipinski definition) is 3. The van der Waals surface area contributed by atoms with Crippen LogP contribution in [0.5, 0.6) is 0 Å². The second-order valence-electron chi connectivity index (χ2n) is 6.60. The Hall–Kier alpha value is -1.85. The third kappa shape index (κ3) is 2.04. The normalized spacial score (nSPS) is 31.3. The number of nitrogens with zero attached hydrogens (tertiary/aromatic N) is 1. The van der Waals surface area contributed by atoms with Gasteiger partial charge in [0, 0.05) is 30.2 Å². The lowest BCUT2D eigenvalue weighted by molar-refractivity contribution is -0.143. The number of carboxylic acid groups (broad SMARTS) is 1. The van der Waals surface area contributed by atoms with Crippen LogP contribution in [0.15, 0.2) is 30.5 Å². The van der Waals surface area contributed by atoms with Gasteiger partial charge in [-0.2, -0.15) is 0 Å². The van der Waals surface area contributed by atoms with E-state index in [1.807, 2.05) is 0 Å². The van der Waals surface area contributed by atoms with E-state index in [0.717, 1.165) is 19.3 Å². The summed E-state index contributed by atoms with van der Waals surface area (Å²) < 4.78 is 2.15. The lowest BCUT2D eigenvalue weighted by atomic mass is 9.74. The Morgan fingerprint density at radius 2 is 2.09 bits per heavy atom. The molecule has 1 aliphatic heterocycles. The average Bonchev–Trinajstić information content (AvgIpc) is 3.08. The van der Waals surface area contributed by atoms with Gasteiger partial charge in [-0.3, -0.25) is 10.2 Å². The SMILES string of the molecule is Cn1cc(C2NNC3CCC(C(=O)O)CC32)c2ccccc21. The van der Waals surface area contributed by atoms with Gasteiger partial charge in [0.2, 0.25) is 0 Å². The van der Waals surface area contributed by atoms with Gasteiger partial charge in [0.25, 0.3) is 0 Å². The number of carboxylic acids is 1. The summed E-state index contributed by atoms with van der Waals surface area (Å²) in [5, 5.41) is 10.6. The molecular weight excluding hydrogens is 278 g/mol. The summed E-state index contributed by atoms with van der Waals surface area (Å²) in [6.07, 6.45) is 4.62. The predicted molar refractivity (Wildman–Crippen MR) is 84.2 cm³/mol. The van der Waals surface area contributed by atoms with E-state index < -0.39 is 5.97 Å². The largest absolute Gasteiger partial charge is 0.481 e. The summed E-state index contributed by atoms with van der Waals surface area (Å²) in [4.78, 5) is 11.4. The molecule has 116 valence electrons. The van der Waals surface area contributed by atoms with Gasteiger partial charge >= 0.3 is 5.97 Å². The fourth-order valence-corrected chi connectivity index (χ4v) is 4.21. The quantitative estimate of drug-likeness (QED) is 0.795. The van der Waals surface area contributed by atoms with E-state index >= 15 is 0 Å². The molecule has 0 bridgehead atoms. The summed E-state index contributed by atoms with van der Waals surface area (Å²) in [5.74, 6) is -0.525. The summed E-state index contributed by atoms with van der Waals surface area (Å²) >= 11 is 0. The molecular formula is C17H21N3O2. The minimum Gasteiger partial charge on any atom is -0.481 e. The average molecular weight is 299 g/mol. The number of para-hydroxylation sites is 1. The molecule has 4 rings (SSSR count). The summed E-state index contributed by atoms with van der Waals surface area (Å²) in [6, 6.07) is 8.94. The maximum absolute atomic E-state index is 11.4. The van der Waals surface area contributed by atoms with Crippen LogP contribution in [0.1, 0.15) is 30.9 Å². The zero-order valence-electron chi connectivity index (χ0n) is 12.6. The van der Waals surface area contributed by atoms with E-state index in [0.29, 0.717) is 12.0 Å². The number of carbonyl (C=O) groups is 1. The van der Waals surface area contributed by atoms with Gasteiger partial charge < -0.3 is 9.67 Å². The first-order valence-electron chi connectivity index (χ1n) is 7.93. The number of rotatable bonds is 2. The maximum atomic E-state index is 11.4. The van der Waals surface area contributed by atoms with Crippen LogP contribution in [-0.4, -0.2) is 21.7 Å². The highest BCUT2D eigenvalue weighted by Gasteiger charge is 2.43. The molecule has 2 aromatic rings. The molecule has 4 unspecified atom stereocenters. The number of hydrogen-bond acceptors (Lipinski definition) is 3. The molecule has 1 saturated heterocycles. The maximum Gasteiger partial charge on any atom is 0.306 e. The number of aryl methyl sites for hydroxylation is 1. The van der Waals surface area contributed by atoms with Crippen LogP contribution in [-0.2, 0) is 11.8 Å². The minimum absolute atomic E-state index is 0.179. The second-order valence-corrected chi connectivity index (χ2v) is 6.60. The fourth-order valence-electron chi connectivity index (χ4n) is 4.21. The molecule has 3 N–H and O–H groups in total. The predicted octanol–water partition coefficient (Wildman–Crippen LogP) is 2.20. The van der Waals surface area contributed by atoms with E-state index in [-0.39, 0.29) is 12.0 Å². The lowest BCUT2D eigenvalue weighted by Crippen LogP contribution is -2.36. The van der Waals surface area contributed by atoms with Crippen molar-refractivity contribution in [2.24, 2.45) is 18.9 Å². The Balaban J connectivity index is 1.71. The first kappa shape index (κ1) is 13.8. The summed E-state index contributed by atoms with van der Waals surface area (Å²) in [6.45, 7) is 0. The van der Waals surface area contributed by atoms with Crippen molar-refractivity contribution in [3.63, 3.8) is 0 Å². The van der Waals surface area contributed by atoms with E-state index in [1.165, 1.54) is 16.5 Å². The van der Waals surface area contributed by atoms with Crippen molar-refractivity contribution in [2.45, 2.75) is 31.3 Å². The van der Waals surface area contributed by atoms with Crippen molar-refractivity contribution in [3.8, 4) is 0 Å². The summed E-state index contributed by atoms with van der Waals surface area (Å²) in [5.41, 5.74) is 9.30. The van der Waals surface area contributed by atoms with Crippen molar-refractivity contribution < 1.29 is 9.90 Å². The highest BCUT2D eigenvalue weighted by Crippen LogP contribution is 2.42. The van der Waals surface area contributed by atoms with Gasteiger partial charge in [0.15, 0.2) is 0 Å². The number of aliphatic carboxylic acids is 1. The molecule has 1 saturated carbocycles. The van der Waals surface area contributed by atoms with Crippen molar-refractivity contribution in [1.82, 2.24) is 15.4 Å². The van der Waals surface area contributed by atoms with E-state index in [9.17, 15) is 9.90 Å². The van der Waals surface area contributed by atoms with Gasteiger partial charge in [0.1, 0.15) is 0 Å². The summed E-state index contributed by atoms with van der Waals surface area (Å²) in [7, 11) is 2.06. The Morgan fingerprint density at radius 3 is 2.91 bits per heavy atom. The molecule has 1 aromatic carbocycles. The number of hydrazine groups is 1. The van der Waals surface area contributed by atoms with Crippen LogP contribution in [0.25, 0.3) is 10.9 Å². The first-order valence-corrected chi connectivity index (χ1v) is 7.93. The number of benzene rings is 1. The van der Waals surface area contributed by atoms with Gasteiger partial charge in [-0.25, -0.2) is 5.43 Å². The standard InChI is InChI=1S/C17H21N3O2/c1-20-9-13(11-4-2-3-5-15(11)20)16-12-8-10(17(21)22)6-7-14(12)18-19-16/h2-5,9-10,12,14,16,18-19H,6-8H2,1H3,(H,21,22). The third-order valence-corrected chi connectivity index (χ3v) is 5.36. The number of aromatic nitrogens is 1. The molecule has 0 spiro atoms. The Kier molecular flexibility index (Phi) is 3.20. The monoisotopic (exact) mass is 299 g/mol. The van der Waals surface area contributed by atoms with Crippen molar-refractivity contribution in [1.29, 1.82) is 0 Å². The Bertz CT molecular complexity index is 724. The molecule has 5 nitrogen and oxygen atoms in total. The smallest absolute Gasteiger partial charge is 0.306 e. The molecule has 0 radical (unpaired) electrons. The topological polar surface area (TPSA) is 66.3 Å². The Morgan fingerprint density at radius 1 is 1.27 bits per heavy atom. The fraction of sp³-hybridized carbons (Fsp3) is 0.471. The van der Waals surface area contributed by atoms with E-state index in [2.05, 4.69) is 52.9 Å². The zero-order valence-corrected chi connectivity index (χ0v) is 12.6. The molecule has 2 fully saturated rings. The number of nitrogens with one attached hydrogen (secondary N) is 2. The van der Waals surface area contributed by atoms with E-state index in [1.54, 1.807) is 0 Å². The highest BCUT2D eigenvalue weighted by atomic mass is 16.4. The minimum atomic E-state index is -0.651. The molecule has 2 aliphatic rings. The molecule has 5 heteroatoms. The lowest BCUT2D eigenvalue weighted by Gasteiger charge is -2.31. The van der Waals surface area contributed by atoms with Crippen LogP contribution in [0.3, 0.4) is 0 Å². The van der Waals surface area contributed by atoms with Gasteiger partial charge in [0.05, 0.1) is 12.0 Å². The van der Waals surface area contributed by atoms with Crippen LogP contribution >= 0.6 is 0 Å². The second kappa shape index (κ2) is 5.11. The number of fused-ring (bicyclic) bond motifs is 2. The van der Waals surface area contributed by atoms with Crippen LogP contribution < -0.4 is 10.9 Å². The van der Waals surface area contributed by atoms with Gasteiger partial charge in [-0.05, 0) is 36.8 Å². The molecule has 1 aliphatic carbocycles.